The second-order valence-electron chi connectivity index (χ2n) is 5.54. The van der Waals surface area contributed by atoms with Gasteiger partial charge in [-0.2, -0.15) is 0 Å². The van der Waals surface area contributed by atoms with Crippen LogP contribution in [0.15, 0.2) is 29.2 Å². The number of carbonyl (C=O) groups excluding carboxylic acids is 1. The maximum absolute atomic E-state index is 11.9. The highest BCUT2D eigenvalue weighted by Crippen LogP contribution is 2.25. The van der Waals surface area contributed by atoms with Crippen LogP contribution in [0, 0.1) is 0 Å². The zero-order chi connectivity index (χ0) is 18.2. The van der Waals surface area contributed by atoms with Gasteiger partial charge in [0.2, 0.25) is 5.88 Å². The molecule has 0 saturated carbocycles. The highest BCUT2D eigenvalue weighted by Gasteiger charge is 2.20. The molecule has 1 atom stereocenters. The van der Waals surface area contributed by atoms with Crippen LogP contribution in [0.5, 0.6) is 5.88 Å². The number of aromatic nitrogens is 3. The fourth-order valence-electron chi connectivity index (χ4n) is 2.61. The van der Waals surface area contributed by atoms with Crippen LogP contribution in [0.1, 0.15) is 30.5 Å². The fourth-order valence-corrected chi connectivity index (χ4v) is 2.61. The first-order chi connectivity index (χ1) is 12.1. The maximum Gasteiger partial charge on any atom is 0.306 e. The van der Waals surface area contributed by atoms with Crippen molar-refractivity contribution >= 4 is 5.97 Å². The number of hydrogen-bond acceptors (Lipinski definition) is 6. The van der Waals surface area contributed by atoms with E-state index in [4.69, 9.17) is 14.6 Å². The SMILES string of the molecule is CCOC(=O)C[C@H](Cc1cc(=O)n(CCO)[nH]1)c1ccc(OC)nc1. The van der Waals surface area contributed by atoms with E-state index in [1.54, 1.807) is 19.2 Å². The summed E-state index contributed by atoms with van der Waals surface area (Å²) in [4.78, 5) is 28.0. The fraction of sp³-hybridized carbons (Fsp3) is 0.471. The van der Waals surface area contributed by atoms with Crippen molar-refractivity contribution in [3.05, 3.63) is 46.0 Å². The van der Waals surface area contributed by atoms with Crippen LogP contribution in [0.3, 0.4) is 0 Å². The normalized spacial score (nSPS) is 12.0. The first-order valence-electron chi connectivity index (χ1n) is 8.12. The Kier molecular flexibility index (Phi) is 6.76. The molecule has 2 heterocycles. The Labute approximate surface area is 145 Å². The molecule has 2 aromatic rings. The van der Waals surface area contributed by atoms with E-state index in [2.05, 4.69) is 10.1 Å². The molecule has 0 aliphatic rings. The van der Waals surface area contributed by atoms with Gasteiger partial charge >= 0.3 is 5.97 Å². The Balaban J connectivity index is 2.22. The summed E-state index contributed by atoms with van der Waals surface area (Å²) in [5, 5.41) is 11.9. The number of nitrogens with one attached hydrogen (secondary N) is 1. The van der Waals surface area contributed by atoms with E-state index in [9.17, 15) is 9.59 Å². The van der Waals surface area contributed by atoms with Gasteiger partial charge in [0.05, 0.1) is 33.3 Å². The third-order valence-corrected chi connectivity index (χ3v) is 3.79. The van der Waals surface area contributed by atoms with Crippen molar-refractivity contribution in [2.24, 2.45) is 0 Å². The first kappa shape index (κ1) is 18.7. The molecule has 2 aromatic heterocycles. The molecule has 0 aliphatic carbocycles. The molecular formula is C17H23N3O5. The van der Waals surface area contributed by atoms with Gasteiger partial charge in [-0.25, -0.2) is 4.98 Å². The standard InChI is InChI=1S/C17H23N3O5/c1-3-25-17(23)9-13(12-4-5-15(24-2)18-11-12)8-14-10-16(22)20(19-14)6-7-21/h4-5,10-11,13,19,21H,3,6-9H2,1-2H3/t13-/m0/s1. The molecule has 0 unspecified atom stereocenters. The molecule has 25 heavy (non-hydrogen) atoms. The van der Waals surface area contributed by atoms with Crippen LogP contribution in [0.4, 0.5) is 0 Å². The minimum absolute atomic E-state index is 0.130. The van der Waals surface area contributed by atoms with Crippen molar-refractivity contribution in [2.75, 3.05) is 20.3 Å². The summed E-state index contributed by atoms with van der Waals surface area (Å²) in [6.45, 7) is 2.14. The number of aromatic amines is 1. The van der Waals surface area contributed by atoms with Gasteiger partial charge in [-0.1, -0.05) is 6.07 Å². The van der Waals surface area contributed by atoms with E-state index >= 15 is 0 Å². The summed E-state index contributed by atoms with van der Waals surface area (Å²) < 4.78 is 11.4. The molecule has 0 fully saturated rings. The number of ether oxygens (including phenoxy) is 2. The third-order valence-electron chi connectivity index (χ3n) is 3.79. The Hall–Kier alpha value is -2.61. The highest BCUT2D eigenvalue weighted by atomic mass is 16.5. The number of aliphatic hydroxyl groups is 1. The number of pyridine rings is 1. The lowest BCUT2D eigenvalue weighted by Crippen LogP contribution is -2.17. The molecule has 0 saturated heterocycles. The second kappa shape index (κ2) is 9.03. The minimum atomic E-state index is -0.305. The molecule has 0 amide bonds. The van der Waals surface area contributed by atoms with E-state index < -0.39 is 0 Å². The number of esters is 1. The highest BCUT2D eigenvalue weighted by molar-refractivity contribution is 5.70. The predicted octanol–water partition coefficient (Wildman–Crippen LogP) is 0.852. The summed E-state index contributed by atoms with van der Waals surface area (Å²) >= 11 is 0. The lowest BCUT2D eigenvalue weighted by Gasteiger charge is -2.16. The zero-order valence-electron chi connectivity index (χ0n) is 14.4. The topological polar surface area (TPSA) is 106 Å². The molecular weight excluding hydrogens is 326 g/mol. The molecule has 0 aromatic carbocycles. The van der Waals surface area contributed by atoms with Crippen molar-refractivity contribution in [3.8, 4) is 5.88 Å². The Bertz CT molecular complexity index is 735. The number of H-pyrrole nitrogens is 1. The van der Waals surface area contributed by atoms with Crippen LogP contribution >= 0.6 is 0 Å². The van der Waals surface area contributed by atoms with E-state index in [1.807, 2.05) is 6.07 Å². The summed E-state index contributed by atoms with van der Waals surface area (Å²) in [5.74, 6) is -0.0142. The predicted molar refractivity (Wildman–Crippen MR) is 90.6 cm³/mol. The number of methoxy groups -OCH3 is 1. The Morgan fingerprint density at radius 1 is 1.44 bits per heavy atom. The summed E-state index contributed by atoms with van der Waals surface area (Å²) in [6.07, 6.45) is 2.28. The Morgan fingerprint density at radius 3 is 2.84 bits per heavy atom. The van der Waals surface area contributed by atoms with Gasteiger partial charge in [-0.05, 0) is 18.9 Å². The quantitative estimate of drug-likeness (QED) is 0.650. The average Bonchev–Trinajstić information content (AvgIpc) is 2.94. The van der Waals surface area contributed by atoms with Crippen molar-refractivity contribution in [1.29, 1.82) is 0 Å². The van der Waals surface area contributed by atoms with Crippen LogP contribution in [-0.4, -0.2) is 46.2 Å². The van der Waals surface area contributed by atoms with Gasteiger partial charge in [0.15, 0.2) is 0 Å². The number of rotatable bonds is 9. The summed E-state index contributed by atoms with van der Waals surface area (Å²) in [6, 6.07) is 5.05. The Morgan fingerprint density at radius 2 is 2.24 bits per heavy atom. The molecule has 8 heteroatoms. The van der Waals surface area contributed by atoms with E-state index in [0.717, 1.165) is 5.56 Å². The average molecular weight is 349 g/mol. The molecule has 0 radical (unpaired) electrons. The molecule has 0 aliphatic heterocycles. The monoisotopic (exact) mass is 349 g/mol. The first-order valence-corrected chi connectivity index (χ1v) is 8.12. The van der Waals surface area contributed by atoms with Gasteiger partial charge in [-0.15, -0.1) is 0 Å². The largest absolute Gasteiger partial charge is 0.481 e. The number of aliphatic hydroxyl groups excluding tert-OH is 1. The smallest absolute Gasteiger partial charge is 0.306 e. The van der Waals surface area contributed by atoms with Crippen LogP contribution in [-0.2, 0) is 22.5 Å². The minimum Gasteiger partial charge on any atom is -0.481 e. The molecule has 2 rings (SSSR count). The summed E-state index contributed by atoms with van der Waals surface area (Å²) in [7, 11) is 1.53. The number of hydrogen-bond donors (Lipinski definition) is 2. The van der Waals surface area contributed by atoms with Gasteiger partial charge in [-0.3, -0.25) is 19.4 Å². The van der Waals surface area contributed by atoms with Crippen molar-refractivity contribution in [2.45, 2.75) is 32.2 Å². The van der Waals surface area contributed by atoms with Gasteiger partial charge in [0, 0.05) is 29.9 Å². The summed E-state index contributed by atoms with van der Waals surface area (Å²) in [5.41, 5.74) is 1.32. The van der Waals surface area contributed by atoms with Crippen LogP contribution < -0.4 is 10.3 Å². The zero-order valence-corrected chi connectivity index (χ0v) is 14.4. The molecule has 0 spiro atoms. The van der Waals surface area contributed by atoms with Crippen molar-refractivity contribution < 1.29 is 19.4 Å². The number of carbonyl (C=O) groups is 1. The molecule has 0 bridgehead atoms. The van der Waals surface area contributed by atoms with Crippen molar-refractivity contribution in [1.82, 2.24) is 14.8 Å². The van der Waals surface area contributed by atoms with Gasteiger partial charge in [0.25, 0.3) is 5.56 Å². The van der Waals surface area contributed by atoms with E-state index in [0.29, 0.717) is 24.6 Å². The number of nitrogens with zero attached hydrogens (tertiary/aromatic N) is 2. The van der Waals surface area contributed by atoms with Crippen molar-refractivity contribution in [3.63, 3.8) is 0 Å². The lowest BCUT2D eigenvalue weighted by molar-refractivity contribution is -0.143. The third kappa shape index (κ3) is 5.18. The molecule has 8 nitrogen and oxygen atoms in total. The second-order valence-corrected chi connectivity index (χ2v) is 5.54. The lowest BCUT2D eigenvalue weighted by atomic mass is 9.92. The van der Waals surface area contributed by atoms with E-state index in [-0.39, 0.29) is 37.0 Å². The molecule has 136 valence electrons. The van der Waals surface area contributed by atoms with E-state index in [1.165, 1.54) is 17.9 Å². The molecule has 2 N–H and O–H groups in total. The van der Waals surface area contributed by atoms with Crippen LogP contribution in [0.25, 0.3) is 0 Å². The van der Waals surface area contributed by atoms with Crippen LogP contribution in [0.2, 0.25) is 0 Å². The maximum atomic E-state index is 11.9. The van der Waals surface area contributed by atoms with Gasteiger partial charge in [0.1, 0.15) is 0 Å². The van der Waals surface area contributed by atoms with Gasteiger partial charge < -0.3 is 14.6 Å².